The quantitative estimate of drug-likeness (QED) is 0.517. The maximum atomic E-state index is 5.52. The minimum atomic E-state index is 0.426. The summed E-state index contributed by atoms with van der Waals surface area (Å²) in [7, 11) is 0. The molecule has 0 amide bonds. The summed E-state index contributed by atoms with van der Waals surface area (Å²) in [6.07, 6.45) is 6.29. The van der Waals surface area contributed by atoms with Gasteiger partial charge in [-0.25, -0.2) is 0 Å². The molecule has 0 saturated carbocycles. The van der Waals surface area contributed by atoms with Crippen molar-refractivity contribution in [3.63, 3.8) is 0 Å². The Morgan fingerprint density at radius 2 is 2.55 bits per heavy atom. The van der Waals surface area contributed by atoms with E-state index >= 15 is 0 Å². The molecule has 0 bridgehead atoms. The molecule has 60 valence electrons. The first kappa shape index (κ1) is 6.89. The fourth-order valence-corrected chi connectivity index (χ4v) is 1.75. The van der Waals surface area contributed by atoms with Crippen LogP contribution in [0.3, 0.4) is 0 Å². The van der Waals surface area contributed by atoms with Crippen LogP contribution in [0, 0.1) is 5.92 Å². The van der Waals surface area contributed by atoms with Gasteiger partial charge in [0.2, 0.25) is 0 Å². The van der Waals surface area contributed by atoms with Crippen LogP contribution in [0.2, 0.25) is 0 Å². The standard InChI is InChI=1S/C9H13NO/c1-7-8-3-2-6-11-9(8)4-5-10-7/h4-5,7-8H,2-3,6H2,1H3. The largest absolute Gasteiger partial charge is 0.498 e. The van der Waals surface area contributed by atoms with Crippen molar-refractivity contribution in [3.8, 4) is 0 Å². The molecule has 2 heteroatoms. The predicted octanol–water partition coefficient (Wildman–Crippen LogP) is 1.77. The molecule has 0 radical (unpaired) electrons. The van der Waals surface area contributed by atoms with Crippen molar-refractivity contribution in [2.45, 2.75) is 25.8 Å². The summed E-state index contributed by atoms with van der Waals surface area (Å²) in [5.41, 5.74) is 0. The fourth-order valence-electron chi connectivity index (χ4n) is 1.75. The van der Waals surface area contributed by atoms with E-state index in [0.717, 1.165) is 12.4 Å². The summed E-state index contributed by atoms with van der Waals surface area (Å²) in [5, 5.41) is 0. The fraction of sp³-hybridized carbons (Fsp3) is 0.667. The Labute approximate surface area is 67.0 Å². The lowest BCUT2D eigenvalue weighted by molar-refractivity contribution is 0.118. The molecule has 0 aromatic rings. The van der Waals surface area contributed by atoms with Gasteiger partial charge in [-0.3, -0.25) is 4.99 Å². The first-order chi connectivity index (χ1) is 5.38. The van der Waals surface area contributed by atoms with Gasteiger partial charge in [-0.15, -0.1) is 0 Å². The molecule has 0 spiro atoms. The molecule has 2 nitrogen and oxygen atoms in total. The van der Waals surface area contributed by atoms with Gasteiger partial charge < -0.3 is 4.74 Å². The number of hydrogen-bond donors (Lipinski definition) is 0. The van der Waals surface area contributed by atoms with E-state index in [9.17, 15) is 0 Å². The molecule has 0 aromatic carbocycles. The normalized spacial score (nSPS) is 35.5. The Morgan fingerprint density at radius 1 is 1.64 bits per heavy atom. The number of fused-ring (bicyclic) bond motifs is 1. The van der Waals surface area contributed by atoms with Gasteiger partial charge in [0.25, 0.3) is 0 Å². The van der Waals surface area contributed by atoms with Crippen molar-refractivity contribution in [1.82, 2.24) is 0 Å². The number of nitrogens with zero attached hydrogens (tertiary/aromatic N) is 1. The SMILES string of the molecule is CC1N=CC=C2OCCCC21. The van der Waals surface area contributed by atoms with Crippen molar-refractivity contribution in [3.05, 3.63) is 11.8 Å². The van der Waals surface area contributed by atoms with Gasteiger partial charge in [0.05, 0.1) is 12.6 Å². The lowest BCUT2D eigenvalue weighted by Crippen LogP contribution is -2.26. The molecule has 2 unspecified atom stereocenters. The second-order valence-corrected chi connectivity index (χ2v) is 3.20. The maximum absolute atomic E-state index is 5.52. The zero-order chi connectivity index (χ0) is 7.68. The molecule has 2 atom stereocenters. The van der Waals surface area contributed by atoms with Crippen LogP contribution in [0.5, 0.6) is 0 Å². The Morgan fingerprint density at radius 3 is 3.36 bits per heavy atom. The van der Waals surface area contributed by atoms with Gasteiger partial charge in [0, 0.05) is 12.1 Å². The highest BCUT2D eigenvalue weighted by atomic mass is 16.5. The third kappa shape index (κ3) is 1.17. The van der Waals surface area contributed by atoms with Gasteiger partial charge in [-0.05, 0) is 25.8 Å². The minimum absolute atomic E-state index is 0.426. The van der Waals surface area contributed by atoms with Crippen LogP contribution in [-0.4, -0.2) is 18.9 Å². The average molecular weight is 151 g/mol. The van der Waals surface area contributed by atoms with E-state index in [0.29, 0.717) is 12.0 Å². The smallest absolute Gasteiger partial charge is 0.103 e. The lowest BCUT2D eigenvalue weighted by Gasteiger charge is -2.30. The van der Waals surface area contributed by atoms with Crippen LogP contribution in [0.25, 0.3) is 0 Å². The number of rotatable bonds is 0. The van der Waals surface area contributed by atoms with Crippen molar-refractivity contribution >= 4 is 6.21 Å². The molecular formula is C9H13NO. The van der Waals surface area contributed by atoms with E-state index in [1.807, 2.05) is 12.3 Å². The Bertz CT molecular complexity index is 208. The van der Waals surface area contributed by atoms with Gasteiger partial charge >= 0.3 is 0 Å². The summed E-state index contributed by atoms with van der Waals surface area (Å²) in [6, 6.07) is 0.426. The van der Waals surface area contributed by atoms with E-state index in [4.69, 9.17) is 4.74 Å². The number of ether oxygens (including phenoxy) is 1. The molecule has 0 aliphatic carbocycles. The summed E-state index contributed by atoms with van der Waals surface area (Å²) >= 11 is 0. The highest BCUT2D eigenvalue weighted by molar-refractivity contribution is 5.73. The molecule has 1 saturated heterocycles. The third-order valence-electron chi connectivity index (χ3n) is 2.44. The molecule has 2 heterocycles. The Balaban J connectivity index is 2.18. The average Bonchev–Trinajstić information content (AvgIpc) is 2.06. The topological polar surface area (TPSA) is 21.6 Å². The van der Waals surface area contributed by atoms with Crippen molar-refractivity contribution in [2.75, 3.05) is 6.61 Å². The van der Waals surface area contributed by atoms with E-state index in [-0.39, 0.29) is 0 Å². The first-order valence-corrected chi connectivity index (χ1v) is 4.24. The van der Waals surface area contributed by atoms with E-state index in [2.05, 4.69) is 11.9 Å². The molecule has 0 N–H and O–H groups in total. The van der Waals surface area contributed by atoms with Crippen LogP contribution < -0.4 is 0 Å². The number of dihydropyridines is 1. The predicted molar refractivity (Wildman–Crippen MR) is 44.7 cm³/mol. The number of aliphatic imine (C=N–C) groups is 1. The van der Waals surface area contributed by atoms with Crippen molar-refractivity contribution < 1.29 is 4.74 Å². The molecule has 2 aliphatic rings. The van der Waals surface area contributed by atoms with Crippen LogP contribution in [0.4, 0.5) is 0 Å². The van der Waals surface area contributed by atoms with Crippen LogP contribution in [-0.2, 0) is 4.74 Å². The molecule has 2 rings (SSSR count). The van der Waals surface area contributed by atoms with Crippen LogP contribution in [0.1, 0.15) is 19.8 Å². The zero-order valence-electron chi connectivity index (χ0n) is 6.79. The zero-order valence-corrected chi connectivity index (χ0v) is 6.79. The minimum Gasteiger partial charge on any atom is -0.498 e. The summed E-state index contributed by atoms with van der Waals surface area (Å²) in [6.45, 7) is 3.05. The van der Waals surface area contributed by atoms with E-state index in [1.165, 1.54) is 12.8 Å². The number of allylic oxidation sites excluding steroid dienone is 1. The van der Waals surface area contributed by atoms with Crippen LogP contribution >= 0.6 is 0 Å². The van der Waals surface area contributed by atoms with Gasteiger partial charge in [0.15, 0.2) is 0 Å². The third-order valence-corrected chi connectivity index (χ3v) is 2.44. The Kier molecular flexibility index (Phi) is 1.68. The molecule has 0 aromatic heterocycles. The first-order valence-electron chi connectivity index (χ1n) is 4.24. The number of hydrogen-bond acceptors (Lipinski definition) is 2. The summed E-state index contributed by atoms with van der Waals surface area (Å²) < 4.78 is 5.52. The molecule has 11 heavy (non-hydrogen) atoms. The van der Waals surface area contributed by atoms with Crippen molar-refractivity contribution in [2.24, 2.45) is 10.9 Å². The van der Waals surface area contributed by atoms with Gasteiger partial charge in [-0.1, -0.05) is 0 Å². The molecule has 1 fully saturated rings. The van der Waals surface area contributed by atoms with Crippen LogP contribution in [0.15, 0.2) is 16.8 Å². The maximum Gasteiger partial charge on any atom is 0.103 e. The summed E-state index contributed by atoms with van der Waals surface area (Å²) in [5.74, 6) is 1.72. The van der Waals surface area contributed by atoms with Gasteiger partial charge in [-0.2, -0.15) is 0 Å². The Hall–Kier alpha value is -0.790. The second-order valence-electron chi connectivity index (χ2n) is 3.20. The van der Waals surface area contributed by atoms with Gasteiger partial charge in [0.1, 0.15) is 5.76 Å². The second kappa shape index (κ2) is 2.68. The van der Waals surface area contributed by atoms with E-state index < -0.39 is 0 Å². The molecule has 2 aliphatic heterocycles. The summed E-state index contributed by atoms with van der Waals surface area (Å²) in [4.78, 5) is 4.33. The monoisotopic (exact) mass is 151 g/mol. The highest BCUT2D eigenvalue weighted by Gasteiger charge is 2.26. The molecular weight excluding hydrogens is 138 g/mol. The highest BCUT2D eigenvalue weighted by Crippen LogP contribution is 2.30. The van der Waals surface area contributed by atoms with Crippen molar-refractivity contribution in [1.29, 1.82) is 0 Å². The lowest BCUT2D eigenvalue weighted by atomic mass is 9.90. The van der Waals surface area contributed by atoms with E-state index in [1.54, 1.807) is 0 Å².